The van der Waals surface area contributed by atoms with Crippen LogP contribution in [0.25, 0.3) is 0 Å². The molecule has 0 saturated heterocycles. The van der Waals surface area contributed by atoms with Crippen LogP contribution in [0.4, 0.5) is 5.69 Å². The number of non-ortho nitro benzene ring substituents is 1. The second-order valence-electron chi connectivity index (χ2n) is 4.59. The maximum Gasteiger partial charge on any atom is 0.269 e. The Bertz CT molecular complexity index is 563. The van der Waals surface area contributed by atoms with Crippen molar-refractivity contribution < 1.29 is 4.92 Å². The summed E-state index contributed by atoms with van der Waals surface area (Å²) in [5, 5.41) is 13.9. The summed E-state index contributed by atoms with van der Waals surface area (Å²) in [5.74, 6) is 1.02. The first kappa shape index (κ1) is 14.2. The van der Waals surface area contributed by atoms with Crippen LogP contribution < -0.4 is 5.32 Å². The summed E-state index contributed by atoms with van der Waals surface area (Å²) < 4.78 is 2.10. The third-order valence-electron chi connectivity index (χ3n) is 3.19. The summed E-state index contributed by atoms with van der Waals surface area (Å²) >= 11 is 0. The molecule has 0 amide bonds. The Hall–Kier alpha value is -2.21. The van der Waals surface area contributed by atoms with Gasteiger partial charge in [-0.2, -0.15) is 0 Å². The van der Waals surface area contributed by atoms with Crippen molar-refractivity contribution >= 4 is 5.69 Å². The summed E-state index contributed by atoms with van der Waals surface area (Å²) in [5.41, 5.74) is 1.24. The molecule has 2 aromatic rings. The molecule has 0 aliphatic rings. The maximum atomic E-state index is 10.5. The molecule has 0 unspecified atom stereocenters. The van der Waals surface area contributed by atoms with Gasteiger partial charge >= 0.3 is 0 Å². The SMILES string of the molecule is Cc1nccn1CCNCCc1ccc([N+](=O)[O-])cc1. The summed E-state index contributed by atoms with van der Waals surface area (Å²) in [6, 6.07) is 6.70. The molecular formula is C14H18N4O2. The van der Waals surface area contributed by atoms with E-state index in [1.165, 1.54) is 0 Å². The van der Waals surface area contributed by atoms with Crippen molar-refractivity contribution in [1.29, 1.82) is 0 Å². The molecule has 1 N–H and O–H groups in total. The van der Waals surface area contributed by atoms with E-state index in [1.54, 1.807) is 30.5 Å². The Labute approximate surface area is 117 Å². The van der Waals surface area contributed by atoms with Crippen molar-refractivity contribution in [1.82, 2.24) is 14.9 Å². The predicted molar refractivity (Wildman–Crippen MR) is 76.6 cm³/mol. The summed E-state index contributed by atoms with van der Waals surface area (Å²) in [4.78, 5) is 14.3. The van der Waals surface area contributed by atoms with Gasteiger partial charge in [0.05, 0.1) is 4.92 Å². The number of hydrogen-bond donors (Lipinski definition) is 1. The van der Waals surface area contributed by atoms with Gasteiger partial charge in [-0.3, -0.25) is 10.1 Å². The number of nitro benzene ring substituents is 1. The minimum atomic E-state index is -0.379. The minimum absolute atomic E-state index is 0.136. The highest BCUT2D eigenvalue weighted by molar-refractivity contribution is 5.32. The van der Waals surface area contributed by atoms with Gasteiger partial charge in [0.25, 0.3) is 5.69 Å². The molecule has 106 valence electrons. The van der Waals surface area contributed by atoms with Gasteiger partial charge in [-0.05, 0) is 25.5 Å². The number of hydrogen-bond acceptors (Lipinski definition) is 4. The summed E-state index contributed by atoms with van der Waals surface area (Å²) in [6.07, 6.45) is 4.63. The molecule has 0 atom stereocenters. The number of aromatic nitrogens is 2. The molecule has 1 aromatic carbocycles. The Kier molecular flexibility index (Phi) is 4.84. The van der Waals surface area contributed by atoms with Crippen LogP contribution in [0.3, 0.4) is 0 Å². The minimum Gasteiger partial charge on any atom is -0.334 e. The lowest BCUT2D eigenvalue weighted by Gasteiger charge is -2.07. The molecule has 1 heterocycles. The number of imidazole rings is 1. The molecule has 2 rings (SSSR count). The number of rotatable bonds is 7. The highest BCUT2D eigenvalue weighted by atomic mass is 16.6. The van der Waals surface area contributed by atoms with Crippen LogP contribution in [-0.2, 0) is 13.0 Å². The largest absolute Gasteiger partial charge is 0.334 e. The van der Waals surface area contributed by atoms with E-state index in [2.05, 4.69) is 14.9 Å². The zero-order valence-electron chi connectivity index (χ0n) is 11.5. The number of benzene rings is 1. The monoisotopic (exact) mass is 274 g/mol. The average molecular weight is 274 g/mol. The van der Waals surface area contributed by atoms with Crippen molar-refractivity contribution in [2.45, 2.75) is 19.9 Å². The van der Waals surface area contributed by atoms with Crippen LogP contribution in [0.1, 0.15) is 11.4 Å². The van der Waals surface area contributed by atoms with E-state index in [9.17, 15) is 10.1 Å². The zero-order chi connectivity index (χ0) is 14.4. The van der Waals surface area contributed by atoms with E-state index < -0.39 is 0 Å². The molecule has 0 spiro atoms. The number of aryl methyl sites for hydroxylation is 1. The maximum absolute atomic E-state index is 10.5. The predicted octanol–water partition coefficient (Wildman–Crippen LogP) is 1.93. The summed E-state index contributed by atoms with van der Waals surface area (Å²) in [7, 11) is 0. The zero-order valence-corrected chi connectivity index (χ0v) is 11.5. The van der Waals surface area contributed by atoms with Crippen LogP contribution in [0.2, 0.25) is 0 Å². The Balaban J connectivity index is 1.68. The van der Waals surface area contributed by atoms with Crippen molar-refractivity contribution in [3.8, 4) is 0 Å². The van der Waals surface area contributed by atoms with Gasteiger partial charge in [0.1, 0.15) is 5.82 Å². The normalized spacial score (nSPS) is 10.7. The molecule has 0 aliphatic heterocycles. The first-order chi connectivity index (χ1) is 9.66. The third kappa shape index (κ3) is 3.89. The van der Waals surface area contributed by atoms with Gasteiger partial charge in [0.2, 0.25) is 0 Å². The van der Waals surface area contributed by atoms with E-state index >= 15 is 0 Å². The van der Waals surface area contributed by atoms with E-state index in [-0.39, 0.29) is 10.6 Å². The molecular weight excluding hydrogens is 256 g/mol. The second kappa shape index (κ2) is 6.81. The van der Waals surface area contributed by atoms with Gasteiger partial charge in [-0.1, -0.05) is 12.1 Å². The quantitative estimate of drug-likeness (QED) is 0.475. The van der Waals surface area contributed by atoms with E-state index in [1.807, 2.05) is 13.1 Å². The topological polar surface area (TPSA) is 73.0 Å². The van der Waals surface area contributed by atoms with Crippen LogP contribution in [-0.4, -0.2) is 27.6 Å². The molecule has 20 heavy (non-hydrogen) atoms. The fourth-order valence-electron chi connectivity index (χ4n) is 1.98. The first-order valence-corrected chi connectivity index (χ1v) is 6.58. The smallest absolute Gasteiger partial charge is 0.269 e. The fourth-order valence-corrected chi connectivity index (χ4v) is 1.98. The number of nitrogens with zero attached hydrogens (tertiary/aromatic N) is 3. The standard InChI is InChI=1S/C14H18N4O2/c1-12-16-9-11-17(12)10-8-15-7-6-13-2-4-14(5-3-13)18(19)20/h2-5,9,11,15H,6-8,10H2,1H3. The number of nitro groups is 1. The molecule has 0 saturated carbocycles. The molecule has 0 radical (unpaired) electrons. The van der Waals surface area contributed by atoms with Crippen LogP contribution in [0.5, 0.6) is 0 Å². The molecule has 1 aromatic heterocycles. The Morgan fingerprint density at radius 3 is 2.65 bits per heavy atom. The fraction of sp³-hybridized carbons (Fsp3) is 0.357. The lowest BCUT2D eigenvalue weighted by Crippen LogP contribution is -2.22. The van der Waals surface area contributed by atoms with Gasteiger partial charge in [-0.25, -0.2) is 4.98 Å². The van der Waals surface area contributed by atoms with Gasteiger partial charge in [-0.15, -0.1) is 0 Å². The van der Waals surface area contributed by atoms with Gasteiger partial charge in [0.15, 0.2) is 0 Å². The van der Waals surface area contributed by atoms with Crippen molar-refractivity contribution in [3.63, 3.8) is 0 Å². The molecule has 0 aliphatic carbocycles. The second-order valence-corrected chi connectivity index (χ2v) is 4.59. The van der Waals surface area contributed by atoms with Crippen LogP contribution in [0, 0.1) is 17.0 Å². The first-order valence-electron chi connectivity index (χ1n) is 6.58. The molecule has 6 nitrogen and oxygen atoms in total. The lowest BCUT2D eigenvalue weighted by atomic mass is 10.1. The third-order valence-corrected chi connectivity index (χ3v) is 3.19. The highest BCUT2D eigenvalue weighted by Gasteiger charge is 2.03. The van der Waals surface area contributed by atoms with Gasteiger partial charge in [0, 0.05) is 37.6 Å². The molecule has 0 fully saturated rings. The van der Waals surface area contributed by atoms with Crippen LogP contribution >= 0.6 is 0 Å². The number of nitrogens with one attached hydrogen (secondary N) is 1. The average Bonchev–Trinajstić information content (AvgIpc) is 2.84. The molecule has 6 heteroatoms. The van der Waals surface area contributed by atoms with Crippen molar-refractivity contribution in [2.24, 2.45) is 0 Å². The molecule has 0 bridgehead atoms. The van der Waals surface area contributed by atoms with Gasteiger partial charge < -0.3 is 9.88 Å². The lowest BCUT2D eigenvalue weighted by molar-refractivity contribution is -0.384. The Morgan fingerprint density at radius 2 is 2.05 bits per heavy atom. The Morgan fingerprint density at radius 1 is 1.30 bits per heavy atom. The summed E-state index contributed by atoms with van der Waals surface area (Å²) in [6.45, 7) is 4.61. The highest BCUT2D eigenvalue weighted by Crippen LogP contribution is 2.11. The van der Waals surface area contributed by atoms with Crippen LogP contribution in [0.15, 0.2) is 36.7 Å². The van der Waals surface area contributed by atoms with E-state index in [0.29, 0.717) is 0 Å². The van der Waals surface area contributed by atoms with Crippen molar-refractivity contribution in [3.05, 3.63) is 58.2 Å². The van der Waals surface area contributed by atoms with Crippen molar-refractivity contribution in [2.75, 3.05) is 13.1 Å². The van der Waals surface area contributed by atoms with E-state index in [4.69, 9.17) is 0 Å². The van der Waals surface area contributed by atoms with E-state index in [0.717, 1.165) is 37.4 Å².